The lowest BCUT2D eigenvalue weighted by atomic mass is 10.1. The van der Waals surface area contributed by atoms with Crippen LogP contribution < -0.4 is 0 Å². The van der Waals surface area contributed by atoms with Crippen molar-refractivity contribution in [1.82, 2.24) is 39.6 Å². The topological polar surface area (TPSA) is 112 Å². The van der Waals surface area contributed by atoms with Gasteiger partial charge in [-0.1, -0.05) is 46.9 Å². The van der Waals surface area contributed by atoms with E-state index in [2.05, 4.69) is 30.6 Å². The fourth-order valence-corrected chi connectivity index (χ4v) is 5.03. The fraction of sp³-hybridized carbons (Fsp3) is 0. The summed E-state index contributed by atoms with van der Waals surface area (Å²) in [7, 11) is 0. The number of furan rings is 2. The van der Waals surface area contributed by atoms with E-state index in [-0.39, 0.29) is 0 Å². The van der Waals surface area contributed by atoms with E-state index in [0.717, 1.165) is 21.1 Å². The van der Waals surface area contributed by atoms with Gasteiger partial charge < -0.3 is 8.83 Å². The van der Waals surface area contributed by atoms with Crippen LogP contribution in [0.3, 0.4) is 0 Å². The van der Waals surface area contributed by atoms with Gasteiger partial charge in [0.2, 0.25) is 21.6 Å². The second-order valence-corrected chi connectivity index (χ2v) is 8.69. The zero-order valence-electron chi connectivity index (χ0n) is 16.0. The Morgan fingerprint density at radius 2 is 1.06 bits per heavy atom. The molecule has 10 nitrogen and oxygen atoms in total. The van der Waals surface area contributed by atoms with Gasteiger partial charge in [-0.2, -0.15) is 19.2 Å². The van der Waals surface area contributed by atoms with Crippen molar-refractivity contribution in [3.8, 4) is 44.3 Å². The molecule has 0 radical (unpaired) electrons. The molecule has 0 fully saturated rings. The second-order valence-electron chi connectivity index (χ2n) is 6.78. The Kier molecular flexibility index (Phi) is 3.65. The van der Waals surface area contributed by atoms with Crippen LogP contribution >= 0.6 is 22.7 Å². The van der Waals surface area contributed by atoms with Crippen LogP contribution in [0, 0.1) is 0 Å². The van der Waals surface area contributed by atoms with E-state index in [4.69, 9.17) is 8.83 Å². The third-order valence-electron chi connectivity index (χ3n) is 4.84. The number of hydrogen-bond acceptors (Lipinski definition) is 10. The van der Waals surface area contributed by atoms with E-state index >= 15 is 0 Å². The van der Waals surface area contributed by atoms with Gasteiger partial charge in [0.25, 0.3) is 0 Å². The molecule has 0 bridgehead atoms. The summed E-state index contributed by atoms with van der Waals surface area (Å²) >= 11 is 2.93. The van der Waals surface area contributed by atoms with E-state index in [0.29, 0.717) is 33.1 Å². The molecule has 32 heavy (non-hydrogen) atoms. The molecule has 0 unspecified atom stereocenters. The minimum atomic E-state index is 0.580. The molecule has 7 aromatic rings. The van der Waals surface area contributed by atoms with Crippen molar-refractivity contribution in [3.63, 3.8) is 0 Å². The van der Waals surface area contributed by atoms with E-state index in [9.17, 15) is 0 Å². The molecule has 7 rings (SSSR count). The van der Waals surface area contributed by atoms with Gasteiger partial charge >= 0.3 is 0 Å². The first-order valence-corrected chi connectivity index (χ1v) is 11.1. The third kappa shape index (κ3) is 2.63. The van der Waals surface area contributed by atoms with Crippen LogP contribution in [0.5, 0.6) is 0 Å². The summed E-state index contributed by atoms with van der Waals surface area (Å²) in [4.78, 5) is 1.41. The number of fused-ring (bicyclic) bond motifs is 2. The van der Waals surface area contributed by atoms with Gasteiger partial charge in [0.05, 0.1) is 12.5 Å². The maximum atomic E-state index is 5.43. The Hall–Kier alpha value is -4.16. The van der Waals surface area contributed by atoms with Gasteiger partial charge in [-0.3, -0.25) is 0 Å². The Bertz CT molecular complexity index is 1540. The minimum Gasteiger partial charge on any atom is -0.461 e. The van der Waals surface area contributed by atoms with Crippen LogP contribution in [0.4, 0.5) is 0 Å². The smallest absolute Gasteiger partial charge is 0.235 e. The molecule has 154 valence electrons. The summed E-state index contributed by atoms with van der Waals surface area (Å²) in [5.74, 6) is 2.41. The molecule has 0 amide bonds. The monoisotopic (exact) mass is 458 g/mol. The van der Waals surface area contributed by atoms with Crippen LogP contribution in [0.1, 0.15) is 0 Å². The average Bonchev–Trinajstić information content (AvgIpc) is 3.62. The lowest BCUT2D eigenvalue weighted by Gasteiger charge is -1.98. The number of aromatic nitrogens is 8. The van der Waals surface area contributed by atoms with Crippen molar-refractivity contribution in [2.75, 3.05) is 0 Å². The Morgan fingerprint density at radius 3 is 1.47 bits per heavy atom. The SMILES string of the molecule is c1coc(-c2nnc3sc(-c4ccc(-c5nn6c(-c7ccco7)nnc6s5)cc4)nn23)c1. The van der Waals surface area contributed by atoms with Gasteiger partial charge in [0, 0.05) is 11.1 Å². The highest BCUT2D eigenvalue weighted by Gasteiger charge is 2.18. The number of nitrogens with zero attached hydrogens (tertiary/aromatic N) is 8. The first-order valence-electron chi connectivity index (χ1n) is 9.46. The van der Waals surface area contributed by atoms with Gasteiger partial charge in [0.15, 0.2) is 11.5 Å². The van der Waals surface area contributed by atoms with Gasteiger partial charge in [-0.25, -0.2) is 0 Å². The zero-order chi connectivity index (χ0) is 21.1. The standard InChI is InChI=1S/C20H10N8O2S2/c1-3-13(29-9-1)15-21-23-19-27(15)25-17(31-19)11-5-7-12(8-6-11)18-26-28-16(14-4-2-10-30-14)22-24-20(28)32-18/h1-10H. The highest BCUT2D eigenvalue weighted by atomic mass is 32.1. The quantitative estimate of drug-likeness (QED) is 0.378. The largest absolute Gasteiger partial charge is 0.461 e. The molecule has 0 spiro atoms. The lowest BCUT2D eigenvalue weighted by molar-refractivity contribution is 0.574. The molecule has 0 N–H and O–H groups in total. The second kappa shape index (κ2) is 6.67. The number of benzene rings is 1. The molecule has 0 saturated carbocycles. The lowest BCUT2D eigenvalue weighted by Crippen LogP contribution is -1.90. The summed E-state index contributed by atoms with van der Waals surface area (Å²) in [5.41, 5.74) is 1.96. The summed E-state index contributed by atoms with van der Waals surface area (Å²) in [6.07, 6.45) is 3.21. The maximum absolute atomic E-state index is 5.43. The van der Waals surface area contributed by atoms with E-state index in [1.807, 2.05) is 48.5 Å². The molecule has 0 saturated heterocycles. The normalized spacial score (nSPS) is 11.8. The Balaban J connectivity index is 1.23. The molecule has 0 aliphatic rings. The van der Waals surface area contributed by atoms with Crippen molar-refractivity contribution in [1.29, 1.82) is 0 Å². The highest BCUT2D eigenvalue weighted by Crippen LogP contribution is 2.32. The fourth-order valence-electron chi connectivity index (χ4n) is 3.34. The van der Waals surface area contributed by atoms with Crippen LogP contribution in [-0.2, 0) is 0 Å². The zero-order valence-corrected chi connectivity index (χ0v) is 17.6. The predicted octanol–water partition coefficient (Wildman–Crippen LogP) is 4.54. The van der Waals surface area contributed by atoms with Crippen LogP contribution in [0.2, 0.25) is 0 Å². The van der Waals surface area contributed by atoms with Crippen molar-refractivity contribution in [3.05, 3.63) is 61.1 Å². The van der Waals surface area contributed by atoms with Gasteiger partial charge in [0.1, 0.15) is 10.0 Å². The predicted molar refractivity (Wildman–Crippen MR) is 117 cm³/mol. The van der Waals surface area contributed by atoms with Crippen LogP contribution in [0.25, 0.3) is 54.2 Å². The van der Waals surface area contributed by atoms with Crippen LogP contribution in [-0.4, -0.2) is 39.6 Å². The van der Waals surface area contributed by atoms with Crippen molar-refractivity contribution < 1.29 is 8.83 Å². The molecule has 12 heteroatoms. The molecule has 0 aliphatic carbocycles. The molecule has 6 heterocycles. The van der Waals surface area contributed by atoms with Crippen molar-refractivity contribution >= 4 is 32.6 Å². The molecule has 0 aliphatic heterocycles. The molecule has 0 atom stereocenters. The van der Waals surface area contributed by atoms with E-state index < -0.39 is 0 Å². The Labute approximate surface area is 186 Å². The summed E-state index contributed by atoms with van der Waals surface area (Å²) in [6.45, 7) is 0. The van der Waals surface area contributed by atoms with Crippen LogP contribution in [0.15, 0.2) is 69.9 Å². The first-order chi connectivity index (χ1) is 15.8. The Morgan fingerprint density at radius 1 is 0.594 bits per heavy atom. The van der Waals surface area contributed by atoms with Crippen molar-refractivity contribution in [2.45, 2.75) is 0 Å². The summed E-state index contributed by atoms with van der Waals surface area (Å²) in [6, 6.07) is 15.4. The summed E-state index contributed by atoms with van der Waals surface area (Å²) in [5, 5.41) is 27.8. The molecule has 6 aromatic heterocycles. The van der Waals surface area contributed by atoms with Gasteiger partial charge in [-0.15, -0.1) is 20.4 Å². The number of rotatable bonds is 4. The highest BCUT2D eigenvalue weighted by molar-refractivity contribution is 7.20. The molecular formula is C20H10N8O2S2. The van der Waals surface area contributed by atoms with Crippen molar-refractivity contribution in [2.24, 2.45) is 0 Å². The summed E-state index contributed by atoms with van der Waals surface area (Å²) < 4.78 is 14.3. The van der Waals surface area contributed by atoms with E-state index in [1.54, 1.807) is 21.6 Å². The average molecular weight is 458 g/mol. The minimum absolute atomic E-state index is 0.580. The third-order valence-corrected chi connectivity index (χ3v) is 6.74. The number of hydrogen-bond donors (Lipinski definition) is 0. The molecular weight excluding hydrogens is 448 g/mol. The van der Waals surface area contributed by atoms with E-state index in [1.165, 1.54) is 22.7 Å². The maximum Gasteiger partial charge on any atom is 0.235 e. The first kappa shape index (κ1) is 17.5. The van der Waals surface area contributed by atoms with Gasteiger partial charge in [-0.05, 0) is 24.3 Å². The molecule has 1 aromatic carbocycles.